The molecule has 0 aliphatic heterocycles. The van der Waals surface area contributed by atoms with E-state index in [2.05, 4.69) is 5.32 Å². The molecular weight excluding hydrogens is 406 g/mol. The number of carbonyl (C=O) groups excluding carboxylic acids is 1. The standard InChI is InChI=1S/C25H23N3O4/c1-4-32-23-7-5-6-21(14-23)27-24(29)20(15-26)13-19-12-16(2)28(17(19)3)22-10-8-18(9-11-22)25(30)31/h5-14H,4H2,1-3H3,(H,27,29)(H,30,31)/b20-13-. The number of rotatable bonds is 7. The van der Waals surface area contributed by atoms with Crippen LogP contribution in [-0.4, -0.2) is 28.2 Å². The summed E-state index contributed by atoms with van der Waals surface area (Å²) in [7, 11) is 0. The average molecular weight is 429 g/mol. The van der Waals surface area contributed by atoms with Crippen LogP contribution in [0.25, 0.3) is 11.8 Å². The number of aryl methyl sites for hydroxylation is 1. The number of hydrogen-bond donors (Lipinski definition) is 2. The Morgan fingerprint density at radius 2 is 1.88 bits per heavy atom. The molecule has 0 radical (unpaired) electrons. The highest BCUT2D eigenvalue weighted by molar-refractivity contribution is 6.09. The second-order valence-corrected chi connectivity index (χ2v) is 7.10. The lowest BCUT2D eigenvalue weighted by atomic mass is 10.1. The van der Waals surface area contributed by atoms with Gasteiger partial charge in [-0.25, -0.2) is 4.79 Å². The summed E-state index contributed by atoms with van der Waals surface area (Å²) < 4.78 is 7.38. The third-order valence-corrected chi connectivity index (χ3v) is 4.91. The Balaban J connectivity index is 1.88. The van der Waals surface area contributed by atoms with Crippen LogP contribution in [0, 0.1) is 25.2 Å². The van der Waals surface area contributed by atoms with Crippen LogP contribution < -0.4 is 10.1 Å². The van der Waals surface area contributed by atoms with Gasteiger partial charge in [-0.15, -0.1) is 0 Å². The Labute approximate surface area is 186 Å². The molecule has 3 rings (SSSR count). The Morgan fingerprint density at radius 3 is 2.50 bits per heavy atom. The van der Waals surface area contributed by atoms with Crippen molar-refractivity contribution in [2.24, 2.45) is 0 Å². The highest BCUT2D eigenvalue weighted by Crippen LogP contribution is 2.24. The molecule has 0 saturated heterocycles. The van der Waals surface area contributed by atoms with Crippen LogP contribution in [-0.2, 0) is 4.79 Å². The molecule has 0 bridgehead atoms. The maximum Gasteiger partial charge on any atom is 0.335 e. The molecule has 7 heteroatoms. The maximum absolute atomic E-state index is 12.7. The van der Waals surface area contributed by atoms with E-state index >= 15 is 0 Å². The molecule has 0 aliphatic rings. The van der Waals surface area contributed by atoms with Crippen LogP contribution in [0.5, 0.6) is 5.75 Å². The lowest BCUT2D eigenvalue weighted by Gasteiger charge is -2.10. The number of amides is 1. The van der Waals surface area contributed by atoms with Gasteiger partial charge in [-0.2, -0.15) is 5.26 Å². The fourth-order valence-corrected chi connectivity index (χ4v) is 3.42. The third-order valence-electron chi connectivity index (χ3n) is 4.91. The number of carboxylic acids is 1. The van der Waals surface area contributed by atoms with E-state index in [0.29, 0.717) is 18.0 Å². The molecule has 0 aliphatic carbocycles. The van der Waals surface area contributed by atoms with Crippen molar-refractivity contribution in [1.29, 1.82) is 5.26 Å². The summed E-state index contributed by atoms with van der Waals surface area (Å²) in [5.74, 6) is -0.875. The zero-order valence-electron chi connectivity index (χ0n) is 18.0. The highest BCUT2D eigenvalue weighted by Gasteiger charge is 2.15. The molecule has 162 valence electrons. The number of aromatic nitrogens is 1. The number of anilines is 1. The first kappa shape index (κ1) is 22.4. The van der Waals surface area contributed by atoms with E-state index in [1.54, 1.807) is 42.5 Å². The van der Waals surface area contributed by atoms with Crippen molar-refractivity contribution in [3.8, 4) is 17.5 Å². The molecule has 0 unspecified atom stereocenters. The fraction of sp³-hybridized carbons (Fsp3) is 0.160. The molecule has 32 heavy (non-hydrogen) atoms. The summed E-state index contributed by atoms with van der Waals surface area (Å²) in [6.45, 7) is 6.16. The normalized spacial score (nSPS) is 11.0. The SMILES string of the molecule is CCOc1cccc(NC(=O)/C(C#N)=C\c2cc(C)n(-c3ccc(C(=O)O)cc3)c2C)c1. The number of nitrogens with zero attached hydrogens (tertiary/aromatic N) is 2. The molecule has 3 aromatic rings. The number of carboxylic acid groups (broad SMARTS) is 1. The smallest absolute Gasteiger partial charge is 0.335 e. The summed E-state index contributed by atoms with van der Waals surface area (Å²) in [5, 5.41) is 21.4. The molecule has 2 aromatic carbocycles. The van der Waals surface area contributed by atoms with Crippen molar-refractivity contribution in [3.63, 3.8) is 0 Å². The molecular formula is C25H23N3O4. The number of ether oxygens (including phenoxy) is 1. The average Bonchev–Trinajstić information content (AvgIpc) is 3.05. The Kier molecular flexibility index (Phi) is 6.76. The summed E-state index contributed by atoms with van der Waals surface area (Å²) >= 11 is 0. The summed E-state index contributed by atoms with van der Waals surface area (Å²) in [5.41, 5.74) is 3.93. The molecule has 0 saturated carbocycles. The van der Waals surface area contributed by atoms with Gasteiger partial charge in [0.1, 0.15) is 17.4 Å². The molecule has 0 fully saturated rings. The van der Waals surface area contributed by atoms with Crippen LogP contribution in [0.15, 0.2) is 60.2 Å². The van der Waals surface area contributed by atoms with E-state index in [4.69, 9.17) is 9.84 Å². The fourth-order valence-electron chi connectivity index (χ4n) is 3.42. The summed E-state index contributed by atoms with van der Waals surface area (Å²) in [6, 6.07) is 17.3. The first-order valence-corrected chi connectivity index (χ1v) is 10.0. The van der Waals surface area contributed by atoms with Gasteiger partial charge in [0, 0.05) is 28.8 Å². The lowest BCUT2D eigenvalue weighted by Crippen LogP contribution is -2.13. The Bertz CT molecular complexity index is 1230. The number of nitriles is 1. The Hall–Kier alpha value is -4.31. The number of benzene rings is 2. The van der Waals surface area contributed by atoms with Crippen LogP contribution in [0.4, 0.5) is 5.69 Å². The van der Waals surface area contributed by atoms with Crippen LogP contribution in [0.2, 0.25) is 0 Å². The minimum atomic E-state index is -0.988. The second kappa shape index (κ2) is 9.67. The van der Waals surface area contributed by atoms with E-state index in [9.17, 15) is 14.9 Å². The van der Waals surface area contributed by atoms with Crippen molar-refractivity contribution >= 4 is 23.6 Å². The number of aromatic carboxylic acids is 1. The zero-order valence-corrected chi connectivity index (χ0v) is 18.0. The molecule has 1 amide bonds. The monoisotopic (exact) mass is 429 g/mol. The van der Waals surface area contributed by atoms with Crippen LogP contribution >= 0.6 is 0 Å². The van der Waals surface area contributed by atoms with Gasteiger partial charge >= 0.3 is 5.97 Å². The van der Waals surface area contributed by atoms with Crippen LogP contribution in [0.1, 0.15) is 34.2 Å². The maximum atomic E-state index is 12.7. The van der Waals surface area contributed by atoms with Gasteiger partial charge in [0.15, 0.2) is 0 Å². The Morgan fingerprint density at radius 1 is 1.16 bits per heavy atom. The van der Waals surface area contributed by atoms with Crippen molar-refractivity contribution in [3.05, 3.63) is 82.7 Å². The number of carbonyl (C=O) groups is 2. The summed E-state index contributed by atoms with van der Waals surface area (Å²) in [6.07, 6.45) is 1.55. The number of nitrogens with one attached hydrogen (secondary N) is 1. The lowest BCUT2D eigenvalue weighted by molar-refractivity contribution is -0.112. The first-order valence-electron chi connectivity index (χ1n) is 10.0. The molecule has 0 spiro atoms. The predicted molar refractivity (Wildman–Crippen MR) is 122 cm³/mol. The minimum absolute atomic E-state index is 0.0340. The third kappa shape index (κ3) is 4.87. The molecule has 1 aromatic heterocycles. The van der Waals surface area contributed by atoms with Gasteiger partial charge in [-0.05, 0) is 74.9 Å². The van der Waals surface area contributed by atoms with Crippen molar-refractivity contribution in [1.82, 2.24) is 4.57 Å². The largest absolute Gasteiger partial charge is 0.494 e. The van der Waals surface area contributed by atoms with Gasteiger partial charge in [0.25, 0.3) is 5.91 Å². The van der Waals surface area contributed by atoms with Crippen molar-refractivity contribution in [2.45, 2.75) is 20.8 Å². The van der Waals surface area contributed by atoms with Crippen molar-refractivity contribution < 1.29 is 19.4 Å². The van der Waals surface area contributed by atoms with Crippen molar-refractivity contribution in [2.75, 3.05) is 11.9 Å². The zero-order chi connectivity index (χ0) is 23.3. The number of hydrogen-bond acceptors (Lipinski definition) is 4. The quantitative estimate of drug-likeness (QED) is 0.417. The topological polar surface area (TPSA) is 104 Å². The molecule has 0 atom stereocenters. The van der Waals surface area contributed by atoms with Crippen LogP contribution in [0.3, 0.4) is 0 Å². The van der Waals surface area contributed by atoms with E-state index in [-0.39, 0.29) is 11.1 Å². The second-order valence-electron chi connectivity index (χ2n) is 7.10. The minimum Gasteiger partial charge on any atom is -0.494 e. The van der Waals surface area contributed by atoms with Gasteiger partial charge < -0.3 is 19.7 Å². The van der Waals surface area contributed by atoms with Gasteiger partial charge in [0.2, 0.25) is 0 Å². The highest BCUT2D eigenvalue weighted by atomic mass is 16.5. The summed E-state index contributed by atoms with van der Waals surface area (Å²) in [4.78, 5) is 23.8. The van der Waals surface area contributed by atoms with Gasteiger partial charge in [0.05, 0.1) is 12.2 Å². The van der Waals surface area contributed by atoms with E-state index < -0.39 is 11.9 Å². The van der Waals surface area contributed by atoms with Gasteiger partial charge in [-0.3, -0.25) is 4.79 Å². The van der Waals surface area contributed by atoms with E-state index in [0.717, 1.165) is 22.6 Å². The molecule has 7 nitrogen and oxygen atoms in total. The molecule has 2 N–H and O–H groups in total. The first-order chi connectivity index (χ1) is 15.3. The van der Waals surface area contributed by atoms with Gasteiger partial charge in [-0.1, -0.05) is 6.07 Å². The van der Waals surface area contributed by atoms with E-state index in [1.807, 2.05) is 37.5 Å². The predicted octanol–water partition coefficient (Wildman–Crippen LogP) is 4.74. The van der Waals surface area contributed by atoms with E-state index in [1.165, 1.54) is 12.1 Å². The molecule has 1 heterocycles.